The maximum absolute atomic E-state index is 12.6. The van der Waals surface area contributed by atoms with Crippen LogP contribution in [0.4, 0.5) is 15.3 Å². The molecule has 29 heavy (non-hydrogen) atoms. The highest BCUT2D eigenvalue weighted by Gasteiger charge is 2.27. The lowest BCUT2D eigenvalue weighted by Crippen LogP contribution is -2.52. The number of nitrogens with zero attached hydrogens (tertiary/aromatic N) is 3. The zero-order chi connectivity index (χ0) is 20.9. The Bertz CT molecular complexity index is 827. The molecule has 9 heteroatoms. The highest BCUT2D eigenvalue weighted by molar-refractivity contribution is 7.07. The van der Waals surface area contributed by atoms with Crippen LogP contribution in [0.5, 0.6) is 5.75 Å². The molecule has 3 amide bonds. The van der Waals surface area contributed by atoms with Gasteiger partial charge in [-0.3, -0.25) is 0 Å². The predicted octanol–water partition coefficient (Wildman–Crippen LogP) is 3.81. The molecule has 1 aromatic heterocycles. The predicted molar refractivity (Wildman–Crippen MR) is 111 cm³/mol. The lowest BCUT2D eigenvalue weighted by Gasteiger charge is -2.35. The largest absolute Gasteiger partial charge is 0.487 e. The minimum atomic E-state index is -0.530. The van der Waals surface area contributed by atoms with Crippen LogP contribution in [0, 0.1) is 0 Å². The SMILES string of the molecule is CC(C)(C)OC(=O)N1CCN(C(=O)Nc2cccc(OCc3cscn3)c2)CC1. The van der Waals surface area contributed by atoms with Crippen LogP contribution in [0.3, 0.4) is 0 Å². The second kappa shape index (κ2) is 9.13. The molecule has 1 N–H and O–H groups in total. The number of urea groups is 1. The van der Waals surface area contributed by atoms with Crippen molar-refractivity contribution < 1.29 is 19.1 Å². The monoisotopic (exact) mass is 418 g/mol. The normalized spacial score (nSPS) is 14.4. The number of ether oxygens (including phenoxy) is 2. The van der Waals surface area contributed by atoms with Crippen molar-refractivity contribution in [3.05, 3.63) is 40.8 Å². The van der Waals surface area contributed by atoms with E-state index in [9.17, 15) is 9.59 Å². The first-order chi connectivity index (χ1) is 13.8. The fourth-order valence-corrected chi connectivity index (χ4v) is 3.29. The zero-order valence-corrected chi connectivity index (χ0v) is 17.7. The van der Waals surface area contributed by atoms with Crippen molar-refractivity contribution in [2.75, 3.05) is 31.5 Å². The number of piperazine rings is 1. The van der Waals surface area contributed by atoms with Gasteiger partial charge in [0, 0.05) is 43.3 Å². The van der Waals surface area contributed by atoms with Gasteiger partial charge < -0.3 is 24.6 Å². The van der Waals surface area contributed by atoms with Crippen LogP contribution in [-0.4, -0.2) is 58.7 Å². The summed E-state index contributed by atoms with van der Waals surface area (Å²) < 4.78 is 11.1. The van der Waals surface area contributed by atoms with Crippen molar-refractivity contribution in [2.24, 2.45) is 0 Å². The van der Waals surface area contributed by atoms with Gasteiger partial charge in [0.15, 0.2) is 0 Å². The fourth-order valence-electron chi connectivity index (χ4n) is 2.75. The van der Waals surface area contributed by atoms with Crippen molar-refractivity contribution in [2.45, 2.75) is 33.0 Å². The molecular formula is C20H26N4O4S. The maximum atomic E-state index is 12.6. The highest BCUT2D eigenvalue weighted by Crippen LogP contribution is 2.19. The summed E-state index contributed by atoms with van der Waals surface area (Å²) in [5.74, 6) is 0.658. The van der Waals surface area contributed by atoms with E-state index in [1.54, 1.807) is 21.4 Å². The highest BCUT2D eigenvalue weighted by atomic mass is 32.1. The number of benzene rings is 1. The first-order valence-corrected chi connectivity index (χ1v) is 10.4. The van der Waals surface area contributed by atoms with Gasteiger partial charge in [0.25, 0.3) is 0 Å². The quantitative estimate of drug-likeness (QED) is 0.816. The summed E-state index contributed by atoms with van der Waals surface area (Å²) in [5, 5.41) is 4.82. The van der Waals surface area contributed by atoms with E-state index in [1.165, 1.54) is 11.3 Å². The summed E-state index contributed by atoms with van der Waals surface area (Å²) in [6, 6.07) is 7.05. The zero-order valence-electron chi connectivity index (χ0n) is 16.9. The number of hydrogen-bond donors (Lipinski definition) is 1. The van der Waals surface area contributed by atoms with Gasteiger partial charge in [-0.15, -0.1) is 11.3 Å². The van der Waals surface area contributed by atoms with Gasteiger partial charge >= 0.3 is 12.1 Å². The van der Waals surface area contributed by atoms with Gasteiger partial charge in [-0.1, -0.05) is 6.07 Å². The third-order valence-corrected chi connectivity index (χ3v) is 4.81. The summed E-state index contributed by atoms with van der Waals surface area (Å²) in [5.41, 5.74) is 2.75. The lowest BCUT2D eigenvalue weighted by atomic mass is 10.2. The number of hydrogen-bond acceptors (Lipinski definition) is 6. The summed E-state index contributed by atoms with van der Waals surface area (Å²) >= 11 is 1.52. The van der Waals surface area contributed by atoms with E-state index in [-0.39, 0.29) is 12.1 Å². The molecule has 0 aliphatic carbocycles. The van der Waals surface area contributed by atoms with Gasteiger partial charge in [-0.2, -0.15) is 0 Å². The molecule has 1 saturated heterocycles. The average Bonchev–Trinajstić information content (AvgIpc) is 3.19. The number of carbonyl (C=O) groups excluding carboxylic acids is 2. The standard InChI is InChI=1S/C20H26N4O4S/c1-20(2,3)28-19(26)24-9-7-23(8-10-24)18(25)22-15-5-4-6-17(11-15)27-12-16-13-29-14-21-16/h4-6,11,13-14H,7-10,12H2,1-3H3,(H,22,25). The molecule has 8 nitrogen and oxygen atoms in total. The van der Waals surface area contributed by atoms with E-state index < -0.39 is 5.60 Å². The molecule has 156 valence electrons. The molecule has 0 atom stereocenters. The van der Waals surface area contributed by atoms with Gasteiger partial charge in [0.1, 0.15) is 18.0 Å². The summed E-state index contributed by atoms with van der Waals surface area (Å²) in [4.78, 5) is 32.2. The molecule has 2 aromatic rings. The number of carbonyl (C=O) groups is 2. The maximum Gasteiger partial charge on any atom is 0.410 e. The van der Waals surface area contributed by atoms with Gasteiger partial charge in [0.05, 0.1) is 11.2 Å². The van der Waals surface area contributed by atoms with Crippen LogP contribution >= 0.6 is 11.3 Å². The third-order valence-electron chi connectivity index (χ3n) is 4.17. The van der Waals surface area contributed by atoms with Crippen molar-refractivity contribution in [3.8, 4) is 5.75 Å². The fraction of sp³-hybridized carbons (Fsp3) is 0.450. The number of thiazole rings is 1. The minimum absolute atomic E-state index is 0.203. The molecule has 3 rings (SSSR count). The van der Waals surface area contributed by atoms with Crippen LogP contribution in [0.15, 0.2) is 35.2 Å². The van der Waals surface area contributed by atoms with Crippen molar-refractivity contribution in [1.82, 2.24) is 14.8 Å². The van der Waals surface area contributed by atoms with Crippen LogP contribution < -0.4 is 10.1 Å². The van der Waals surface area contributed by atoms with Crippen LogP contribution in [0.25, 0.3) is 0 Å². The molecule has 1 aliphatic heterocycles. The molecule has 1 fully saturated rings. The molecule has 0 unspecified atom stereocenters. The summed E-state index contributed by atoms with van der Waals surface area (Å²) in [6.45, 7) is 7.68. The second-order valence-corrected chi connectivity index (χ2v) is 8.40. The number of nitrogens with one attached hydrogen (secondary N) is 1. The Balaban J connectivity index is 1.48. The number of amides is 3. The number of rotatable bonds is 4. The van der Waals surface area contributed by atoms with Crippen molar-refractivity contribution in [1.29, 1.82) is 0 Å². The van der Waals surface area contributed by atoms with E-state index in [4.69, 9.17) is 9.47 Å². The topological polar surface area (TPSA) is 84.0 Å². The molecule has 2 heterocycles. The number of anilines is 1. The van der Waals surface area contributed by atoms with E-state index in [2.05, 4.69) is 10.3 Å². The Morgan fingerprint density at radius 2 is 1.90 bits per heavy atom. The Morgan fingerprint density at radius 1 is 1.17 bits per heavy atom. The van der Waals surface area contributed by atoms with E-state index in [0.717, 1.165) is 5.69 Å². The summed E-state index contributed by atoms with van der Waals surface area (Å²) in [6.07, 6.45) is -0.345. The van der Waals surface area contributed by atoms with Gasteiger partial charge in [-0.25, -0.2) is 14.6 Å². The van der Waals surface area contributed by atoms with Crippen molar-refractivity contribution >= 4 is 29.1 Å². The van der Waals surface area contributed by atoms with Crippen LogP contribution in [-0.2, 0) is 11.3 Å². The molecule has 1 aliphatic rings. The van der Waals surface area contributed by atoms with E-state index in [1.807, 2.05) is 44.4 Å². The molecule has 0 radical (unpaired) electrons. The first-order valence-electron chi connectivity index (χ1n) is 9.44. The van der Waals surface area contributed by atoms with E-state index >= 15 is 0 Å². The molecule has 0 saturated carbocycles. The van der Waals surface area contributed by atoms with E-state index in [0.29, 0.717) is 44.2 Å². The Hall–Kier alpha value is -2.81. The second-order valence-electron chi connectivity index (χ2n) is 7.68. The summed E-state index contributed by atoms with van der Waals surface area (Å²) in [7, 11) is 0. The molecule has 0 spiro atoms. The van der Waals surface area contributed by atoms with Gasteiger partial charge in [0.2, 0.25) is 0 Å². The Morgan fingerprint density at radius 3 is 2.55 bits per heavy atom. The third kappa shape index (κ3) is 6.35. The van der Waals surface area contributed by atoms with Gasteiger partial charge in [-0.05, 0) is 32.9 Å². The Kier molecular flexibility index (Phi) is 6.58. The Labute approximate surface area is 174 Å². The molecule has 0 bridgehead atoms. The minimum Gasteiger partial charge on any atom is -0.487 e. The molecule has 1 aromatic carbocycles. The van der Waals surface area contributed by atoms with Crippen molar-refractivity contribution in [3.63, 3.8) is 0 Å². The van der Waals surface area contributed by atoms with Crippen LogP contribution in [0.2, 0.25) is 0 Å². The molecular weight excluding hydrogens is 392 g/mol. The average molecular weight is 419 g/mol. The van der Waals surface area contributed by atoms with Crippen LogP contribution in [0.1, 0.15) is 26.5 Å². The first kappa shape index (κ1) is 20.9. The number of aromatic nitrogens is 1. The lowest BCUT2D eigenvalue weighted by molar-refractivity contribution is 0.0174. The smallest absolute Gasteiger partial charge is 0.410 e.